The third kappa shape index (κ3) is 2.66. The highest BCUT2D eigenvalue weighted by Crippen LogP contribution is 2.26. The summed E-state index contributed by atoms with van der Waals surface area (Å²) in [7, 11) is 0. The second kappa shape index (κ2) is 5.02. The number of nitrogens with one attached hydrogen (secondary N) is 1. The highest BCUT2D eigenvalue weighted by molar-refractivity contribution is 9.10. The average molecular weight is 301 g/mol. The molecule has 0 aliphatic heterocycles. The zero-order chi connectivity index (χ0) is 11.5. The van der Waals surface area contributed by atoms with Gasteiger partial charge in [0.15, 0.2) is 0 Å². The van der Waals surface area contributed by atoms with Crippen LogP contribution < -0.4 is 5.32 Å². The number of anilines is 1. The van der Waals surface area contributed by atoms with E-state index in [1.807, 2.05) is 24.3 Å². The number of allylic oxidation sites excluding steroid dienone is 2. The van der Waals surface area contributed by atoms with E-state index >= 15 is 0 Å². The number of rotatable bonds is 2. The fourth-order valence-electron chi connectivity index (χ4n) is 1.65. The number of benzene rings is 1. The smallest absolute Gasteiger partial charge is 0.228 e. The first-order valence-electron chi connectivity index (χ1n) is 5.08. The van der Waals surface area contributed by atoms with Crippen molar-refractivity contribution in [2.75, 3.05) is 5.32 Å². The standard InChI is InChI=1S/C12H11BrClNO/c13-10-6-5-9(7-11(10)14)15-12(16)8-3-1-2-4-8/h1-2,5-8H,3-4H2,(H,15,16). The van der Waals surface area contributed by atoms with Crippen LogP contribution in [0.25, 0.3) is 0 Å². The van der Waals surface area contributed by atoms with Gasteiger partial charge in [0.1, 0.15) is 0 Å². The van der Waals surface area contributed by atoms with Gasteiger partial charge >= 0.3 is 0 Å². The van der Waals surface area contributed by atoms with Crippen LogP contribution in [0.15, 0.2) is 34.8 Å². The van der Waals surface area contributed by atoms with Crippen LogP contribution in [-0.4, -0.2) is 5.91 Å². The Bertz CT molecular complexity index is 437. The van der Waals surface area contributed by atoms with E-state index < -0.39 is 0 Å². The molecule has 84 valence electrons. The highest BCUT2D eigenvalue weighted by Gasteiger charge is 2.19. The van der Waals surface area contributed by atoms with E-state index in [-0.39, 0.29) is 11.8 Å². The van der Waals surface area contributed by atoms with Crippen LogP contribution in [0, 0.1) is 5.92 Å². The lowest BCUT2D eigenvalue weighted by Crippen LogP contribution is -2.20. The Morgan fingerprint density at radius 3 is 2.69 bits per heavy atom. The van der Waals surface area contributed by atoms with E-state index in [1.165, 1.54) is 0 Å². The maximum Gasteiger partial charge on any atom is 0.228 e. The summed E-state index contributed by atoms with van der Waals surface area (Å²) in [5.41, 5.74) is 0.741. The molecule has 0 saturated carbocycles. The van der Waals surface area contributed by atoms with Gasteiger partial charge in [0.05, 0.1) is 5.02 Å². The number of carbonyl (C=O) groups is 1. The topological polar surface area (TPSA) is 29.1 Å². The Morgan fingerprint density at radius 1 is 1.38 bits per heavy atom. The van der Waals surface area contributed by atoms with Crippen LogP contribution in [0.3, 0.4) is 0 Å². The molecule has 0 heterocycles. The summed E-state index contributed by atoms with van der Waals surface area (Å²) in [5, 5.41) is 3.47. The molecule has 0 radical (unpaired) electrons. The molecule has 1 aromatic carbocycles. The largest absolute Gasteiger partial charge is 0.326 e. The summed E-state index contributed by atoms with van der Waals surface area (Å²) in [6.45, 7) is 0. The zero-order valence-corrected chi connectivity index (χ0v) is 10.9. The van der Waals surface area contributed by atoms with Gasteiger partial charge in [-0.25, -0.2) is 0 Å². The Labute approximate surface area is 108 Å². The van der Waals surface area contributed by atoms with Crippen LogP contribution in [0.5, 0.6) is 0 Å². The second-order valence-electron chi connectivity index (χ2n) is 3.76. The Kier molecular flexibility index (Phi) is 3.66. The molecule has 2 nitrogen and oxygen atoms in total. The molecule has 2 rings (SSSR count). The van der Waals surface area contributed by atoms with Gasteiger partial charge in [-0.3, -0.25) is 4.79 Å². The Balaban J connectivity index is 2.03. The van der Waals surface area contributed by atoms with Gasteiger partial charge in [0, 0.05) is 16.1 Å². The van der Waals surface area contributed by atoms with Gasteiger partial charge in [0.2, 0.25) is 5.91 Å². The Morgan fingerprint density at radius 2 is 2.06 bits per heavy atom. The van der Waals surface area contributed by atoms with Crippen molar-refractivity contribution in [1.82, 2.24) is 0 Å². The van der Waals surface area contributed by atoms with Crippen LogP contribution in [-0.2, 0) is 4.79 Å². The van der Waals surface area contributed by atoms with Gasteiger partial charge in [-0.2, -0.15) is 0 Å². The van der Waals surface area contributed by atoms with Crippen molar-refractivity contribution in [3.63, 3.8) is 0 Å². The minimum Gasteiger partial charge on any atom is -0.326 e. The first-order chi connectivity index (χ1) is 7.66. The summed E-state index contributed by atoms with van der Waals surface area (Å²) >= 11 is 9.25. The third-order valence-corrected chi connectivity index (χ3v) is 3.80. The molecule has 0 saturated heterocycles. The number of amides is 1. The predicted octanol–water partition coefficient (Wildman–Crippen LogP) is 4.01. The van der Waals surface area contributed by atoms with Crippen molar-refractivity contribution < 1.29 is 4.79 Å². The van der Waals surface area contributed by atoms with E-state index in [0.717, 1.165) is 23.0 Å². The predicted molar refractivity (Wildman–Crippen MR) is 69.6 cm³/mol. The summed E-state index contributed by atoms with van der Waals surface area (Å²) in [6.07, 6.45) is 5.74. The lowest BCUT2D eigenvalue weighted by atomic mass is 10.1. The highest BCUT2D eigenvalue weighted by atomic mass is 79.9. The molecule has 0 bridgehead atoms. The molecule has 0 fully saturated rings. The third-order valence-electron chi connectivity index (χ3n) is 2.57. The first kappa shape index (κ1) is 11.7. The summed E-state index contributed by atoms with van der Waals surface area (Å²) in [6, 6.07) is 5.40. The van der Waals surface area contributed by atoms with E-state index in [2.05, 4.69) is 21.2 Å². The SMILES string of the molecule is O=C(Nc1ccc(Br)c(Cl)c1)C1CC=CC1. The molecule has 4 heteroatoms. The average Bonchev–Trinajstić information content (AvgIpc) is 2.77. The van der Waals surface area contributed by atoms with Crippen LogP contribution in [0.4, 0.5) is 5.69 Å². The van der Waals surface area contributed by atoms with Crippen LogP contribution in [0.1, 0.15) is 12.8 Å². The fourth-order valence-corrected chi connectivity index (χ4v) is 2.08. The van der Waals surface area contributed by atoms with Crippen LogP contribution in [0.2, 0.25) is 5.02 Å². The monoisotopic (exact) mass is 299 g/mol. The minimum absolute atomic E-state index is 0.0587. The molecule has 16 heavy (non-hydrogen) atoms. The molecular formula is C12H11BrClNO. The van der Waals surface area contributed by atoms with E-state index in [0.29, 0.717) is 5.02 Å². The molecule has 0 atom stereocenters. The summed E-state index contributed by atoms with van der Waals surface area (Å²) < 4.78 is 0.828. The van der Waals surface area contributed by atoms with E-state index in [9.17, 15) is 4.79 Å². The van der Waals surface area contributed by atoms with Gasteiger partial charge in [-0.15, -0.1) is 0 Å². The molecule has 1 aliphatic rings. The molecule has 0 unspecified atom stereocenters. The first-order valence-corrected chi connectivity index (χ1v) is 6.25. The van der Waals surface area contributed by atoms with Gasteiger partial charge in [-0.05, 0) is 47.0 Å². The second-order valence-corrected chi connectivity index (χ2v) is 5.02. The van der Waals surface area contributed by atoms with Crippen molar-refractivity contribution in [1.29, 1.82) is 0 Å². The molecule has 1 aromatic rings. The normalized spacial score (nSPS) is 15.4. The molecule has 1 aliphatic carbocycles. The zero-order valence-electron chi connectivity index (χ0n) is 8.54. The molecule has 0 aromatic heterocycles. The molecule has 1 N–H and O–H groups in total. The van der Waals surface area contributed by atoms with Crippen molar-refractivity contribution in [3.05, 3.63) is 39.8 Å². The number of halogens is 2. The quantitative estimate of drug-likeness (QED) is 0.822. The molecule has 1 amide bonds. The van der Waals surface area contributed by atoms with Crippen molar-refractivity contribution >= 4 is 39.1 Å². The maximum atomic E-state index is 11.8. The van der Waals surface area contributed by atoms with Gasteiger partial charge in [0.25, 0.3) is 0 Å². The van der Waals surface area contributed by atoms with Crippen molar-refractivity contribution in [2.45, 2.75) is 12.8 Å². The van der Waals surface area contributed by atoms with E-state index in [1.54, 1.807) is 6.07 Å². The summed E-state index contributed by atoms with van der Waals surface area (Å²) in [4.78, 5) is 11.8. The fraction of sp³-hybridized carbons (Fsp3) is 0.250. The number of carbonyl (C=O) groups excluding carboxylic acids is 1. The number of hydrogen-bond acceptors (Lipinski definition) is 1. The lowest BCUT2D eigenvalue weighted by molar-refractivity contribution is -0.119. The number of hydrogen-bond donors (Lipinski definition) is 1. The van der Waals surface area contributed by atoms with E-state index in [4.69, 9.17) is 11.6 Å². The van der Waals surface area contributed by atoms with Crippen molar-refractivity contribution in [3.8, 4) is 0 Å². The van der Waals surface area contributed by atoms with Gasteiger partial charge in [-0.1, -0.05) is 23.8 Å². The molecule has 0 spiro atoms. The van der Waals surface area contributed by atoms with Gasteiger partial charge < -0.3 is 5.32 Å². The minimum atomic E-state index is 0.0587. The van der Waals surface area contributed by atoms with Crippen molar-refractivity contribution in [2.24, 2.45) is 5.92 Å². The lowest BCUT2D eigenvalue weighted by Gasteiger charge is -2.10. The Hall–Kier alpha value is -0.800. The van der Waals surface area contributed by atoms with Crippen LogP contribution >= 0.6 is 27.5 Å². The molecular weight excluding hydrogens is 289 g/mol. The maximum absolute atomic E-state index is 11.8. The summed E-state index contributed by atoms with van der Waals surface area (Å²) in [5.74, 6) is 0.130.